The summed E-state index contributed by atoms with van der Waals surface area (Å²) in [6, 6.07) is 11.0. The third-order valence-electron chi connectivity index (χ3n) is 4.94. The molecule has 8 nitrogen and oxygen atoms in total. The van der Waals surface area contributed by atoms with Crippen LogP contribution in [0.4, 0.5) is 5.82 Å². The lowest BCUT2D eigenvalue weighted by Gasteiger charge is -2.18. The first-order valence-electron chi connectivity index (χ1n) is 10.4. The molecule has 1 amide bonds. The lowest BCUT2D eigenvalue weighted by molar-refractivity contribution is -0.123. The zero-order valence-electron chi connectivity index (χ0n) is 17.8. The van der Waals surface area contributed by atoms with E-state index in [0.717, 1.165) is 18.4 Å². The molecule has 4 rings (SSSR count). The van der Waals surface area contributed by atoms with Crippen molar-refractivity contribution in [1.82, 2.24) is 24.7 Å². The van der Waals surface area contributed by atoms with Gasteiger partial charge in [-0.3, -0.25) is 4.79 Å². The van der Waals surface area contributed by atoms with Gasteiger partial charge in [0.25, 0.3) is 5.91 Å². The van der Waals surface area contributed by atoms with Gasteiger partial charge in [-0.05, 0) is 43.5 Å². The Morgan fingerprint density at radius 3 is 2.75 bits per heavy atom. The minimum Gasteiger partial charge on any atom is -0.464 e. The molecular weight excluding hydrogens is 428 g/mol. The number of benzene rings is 1. The summed E-state index contributed by atoms with van der Waals surface area (Å²) in [7, 11) is 0. The van der Waals surface area contributed by atoms with Crippen molar-refractivity contribution < 1.29 is 9.53 Å². The number of aryl methyl sites for hydroxylation is 1. The van der Waals surface area contributed by atoms with E-state index in [4.69, 9.17) is 16.3 Å². The van der Waals surface area contributed by atoms with Crippen molar-refractivity contribution in [2.24, 2.45) is 0 Å². The van der Waals surface area contributed by atoms with Crippen LogP contribution in [-0.2, 0) is 4.79 Å². The van der Waals surface area contributed by atoms with Gasteiger partial charge in [-0.1, -0.05) is 43.1 Å². The second-order valence-corrected chi connectivity index (χ2v) is 7.79. The van der Waals surface area contributed by atoms with Gasteiger partial charge < -0.3 is 10.1 Å². The maximum Gasteiger partial charge on any atom is 0.266 e. The van der Waals surface area contributed by atoms with Gasteiger partial charge in [0.1, 0.15) is 17.5 Å². The summed E-state index contributed by atoms with van der Waals surface area (Å²) in [5, 5.41) is 8.38. The molecule has 0 saturated carbocycles. The van der Waals surface area contributed by atoms with Gasteiger partial charge in [0, 0.05) is 6.20 Å². The van der Waals surface area contributed by atoms with E-state index in [1.165, 1.54) is 6.33 Å². The van der Waals surface area contributed by atoms with Crippen molar-refractivity contribution in [1.29, 1.82) is 0 Å². The van der Waals surface area contributed by atoms with Crippen molar-refractivity contribution in [2.45, 2.75) is 39.2 Å². The maximum atomic E-state index is 13.0. The Balaban J connectivity index is 1.62. The van der Waals surface area contributed by atoms with Gasteiger partial charge in [-0.25, -0.2) is 19.6 Å². The Bertz CT molecular complexity index is 1220. The van der Waals surface area contributed by atoms with Crippen LogP contribution >= 0.6 is 11.6 Å². The lowest BCUT2D eigenvalue weighted by atomic mass is 10.1. The number of para-hydroxylation sites is 1. The highest BCUT2D eigenvalue weighted by atomic mass is 35.5. The topological polar surface area (TPSA) is 94.8 Å². The highest BCUT2D eigenvalue weighted by Gasteiger charge is 2.23. The van der Waals surface area contributed by atoms with Crippen LogP contribution in [0.1, 0.15) is 31.7 Å². The average Bonchev–Trinajstić information content (AvgIpc) is 3.23. The zero-order chi connectivity index (χ0) is 22.5. The summed E-state index contributed by atoms with van der Waals surface area (Å²) >= 11 is 6.33. The number of halogens is 1. The number of fused-ring (bicyclic) bond motifs is 1. The molecule has 0 spiro atoms. The van der Waals surface area contributed by atoms with Crippen LogP contribution in [0.5, 0.6) is 5.88 Å². The Hall–Kier alpha value is -3.52. The predicted molar refractivity (Wildman–Crippen MR) is 123 cm³/mol. The molecule has 4 aromatic rings. The number of aromatic nitrogens is 5. The molecule has 0 aliphatic heterocycles. The number of anilines is 1. The first kappa shape index (κ1) is 21.7. The van der Waals surface area contributed by atoms with Gasteiger partial charge >= 0.3 is 0 Å². The van der Waals surface area contributed by atoms with Gasteiger partial charge in [-0.2, -0.15) is 5.10 Å². The van der Waals surface area contributed by atoms with Crippen LogP contribution < -0.4 is 10.1 Å². The number of ether oxygens (including phenoxy) is 1. The Labute approximate surface area is 190 Å². The molecular formula is C23H23ClN6O2. The molecule has 0 aliphatic carbocycles. The summed E-state index contributed by atoms with van der Waals surface area (Å²) in [6.45, 7) is 4.00. The first-order chi connectivity index (χ1) is 15.6. The fraction of sp³-hybridized carbons (Fsp3) is 0.261. The third-order valence-corrected chi connectivity index (χ3v) is 5.26. The van der Waals surface area contributed by atoms with Crippen LogP contribution in [0.3, 0.4) is 0 Å². The summed E-state index contributed by atoms with van der Waals surface area (Å²) < 4.78 is 7.72. The predicted octanol–water partition coefficient (Wildman–Crippen LogP) is 4.75. The van der Waals surface area contributed by atoms with Crippen molar-refractivity contribution in [3.05, 3.63) is 65.7 Å². The maximum absolute atomic E-state index is 13.0. The monoisotopic (exact) mass is 450 g/mol. The smallest absolute Gasteiger partial charge is 0.266 e. The Morgan fingerprint density at radius 1 is 1.16 bits per heavy atom. The minimum atomic E-state index is -0.736. The average molecular weight is 451 g/mol. The van der Waals surface area contributed by atoms with Crippen LogP contribution in [0.15, 0.2) is 55.1 Å². The molecule has 1 unspecified atom stereocenters. The molecule has 0 bridgehead atoms. The highest BCUT2D eigenvalue weighted by Crippen LogP contribution is 2.27. The van der Waals surface area contributed by atoms with Crippen LogP contribution in [0, 0.1) is 6.92 Å². The van der Waals surface area contributed by atoms with Crippen molar-refractivity contribution in [3.8, 4) is 11.6 Å². The molecule has 0 radical (unpaired) electrons. The number of nitrogens with zero attached hydrogens (tertiary/aromatic N) is 5. The number of hydrogen-bond donors (Lipinski definition) is 1. The molecule has 1 N–H and O–H groups in total. The molecule has 1 atom stereocenters. The Morgan fingerprint density at radius 2 is 2.00 bits per heavy atom. The van der Waals surface area contributed by atoms with E-state index >= 15 is 0 Å². The van der Waals surface area contributed by atoms with Crippen LogP contribution in [0.2, 0.25) is 5.02 Å². The van der Waals surface area contributed by atoms with Gasteiger partial charge in [0.2, 0.25) is 5.88 Å². The van der Waals surface area contributed by atoms with E-state index < -0.39 is 6.10 Å². The molecule has 1 aromatic carbocycles. The van der Waals surface area contributed by atoms with Gasteiger partial charge in [-0.15, -0.1) is 0 Å². The largest absolute Gasteiger partial charge is 0.464 e. The molecule has 0 aliphatic rings. The first-order valence-corrected chi connectivity index (χ1v) is 10.8. The number of pyridine rings is 1. The molecule has 9 heteroatoms. The highest BCUT2D eigenvalue weighted by molar-refractivity contribution is 6.32. The summed E-state index contributed by atoms with van der Waals surface area (Å²) in [6.07, 6.45) is 6.27. The Kier molecular flexibility index (Phi) is 6.61. The number of amides is 1. The van der Waals surface area contributed by atoms with E-state index in [-0.39, 0.29) is 5.91 Å². The molecule has 3 aromatic heterocycles. The zero-order valence-corrected chi connectivity index (χ0v) is 18.6. The number of nitrogens with one attached hydrogen (secondary N) is 1. The second kappa shape index (κ2) is 9.74. The molecule has 164 valence electrons. The van der Waals surface area contributed by atoms with E-state index in [2.05, 4.69) is 32.3 Å². The SMILES string of the molecule is CCCCC(Oc1ncnc2c1cnn2-c1ccccc1Cl)C(=O)Nc1ccc(C)cn1. The van der Waals surface area contributed by atoms with E-state index in [0.29, 0.717) is 39.9 Å². The summed E-state index contributed by atoms with van der Waals surface area (Å²) in [5.41, 5.74) is 2.25. The van der Waals surface area contributed by atoms with Crippen molar-refractivity contribution in [2.75, 3.05) is 5.32 Å². The molecule has 3 heterocycles. The van der Waals surface area contributed by atoms with Crippen molar-refractivity contribution >= 4 is 34.4 Å². The normalized spacial score (nSPS) is 12.0. The molecule has 32 heavy (non-hydrogen) atoms. The van der Waals surface area contributed by atoms with E-state index in [1.807, 2.05) is 31.2 Å². The lowest BCUT2D eigenvalue weighted by Crippen LogP contribution is -2.33. The van der Waals surface area contributed by atoms with E-state index in [1.54, 1.807) is 29.2 Å². The van der Waals surface area contributed by atoms with Crippen LogP contribution in [0.25, 0.3) is 16.7 Å². The summed E-state index contributed by atoms with van der Waals surface area (Å²) in [5.74, 6) is 0.492. The second-order valence-electron chi connectivity index (χ2n) is 7.38. The number of hydrogen-bond acceptors (Lipinski definition) is 6. The summed E-state index contributed by atoms with van der Waals surface area (Å²) in [4.78, 5) is 25.8. The number of carbonyl (C=O) groups excluding carboxylic acids is 1. The number of unbranched alkanes of at least 4 members (excludes halogenated alkanes) is 1. The van der Waals surface area contributed by atoms with E-state index in [9.17, 15) is 4.79 Å². The fourth-order valence-corrected chi connectivity index (χ4v) is 3.45. The molecule has 0 fully saturated rings. The van der Waals surface area contributed by atoms with Crippen LogP contribution in [-0.4, -0.2) is 36.7 Å². The quantitative estimate of drug-likeness (QED) is 0.416. The minimum absolute atomic E-state index is 0.278. The van der Waals surface area contributed by atoms with Gasteiger partial charge in [0.15, 0.2) is 11.8 Å². The standard InChI is InChI=1S/C23H23ClN6O2/c1-3-4-9-19(22(31)29-20-11-10-15(2)12-25-20)32-23-16-13-28-30(21(16)26-14-27-23)18-8-6-5-7-17(18)24/h5-8,10-14,19H,3-4,9H2,1-2H3,(H,25,29,31). The van der Waals surface area contributed by atoms with Gasteiger partial charge in [0.05, 0.1) is 16.9 Å². The van der Waals surface area contributed by atoms with Crippen molar-refractivity contribution in [3.63, 3.8) is 0 Å². The third kappa shape index (κ3) is 4.70. The number of rotatable bonds is 8. The fourth-order valence-electron chi connectivity index (χ4n) is 3.23. The molecule has 0 saturated heterocycles. The number of carbonyl (C=O) groups is 1.